The van der Waals surface area contributed by atoms with Gasteiger partial charge in [0, 0.05) is 31.1 Å². The molecular formula is C13H15N3O3. The Morgan fingerprint density at radius 3 is 3.11 bits per heavy atom. The van der Waals surface area contributed by atoms with Crippen molar-refractivity contribution in [2.24, 2.45) is 7.05 Å². The van der Waals surface area contributed by atoms with Crippen molar-refractivity contribution in [2.45, 2.75) is 19.4 Å². The van der Waals surface area contributed by atoms with E-state index in [9.17, 15) is 4.79 Å². The number of rotatable bonds is 2. The van der Waals surface area contributed by atoms with Gasteiger partial charge in [0.2, 0.25) is 0 Å². The molecule has 0 bridgehead atoms. The molecule has 1 atom stereocenters. The van der Waals surface area contributed by atoms with Gasteiger partial charge in [-0.1, -0.05) is 0 Å². The Morgan fingerprint density at radius 2 is 2.37 bits per heavy atom. The van der Waals surface area contributed by atoms with Crippen molar-refractivity contribution >= 4 is 10.9 Å². The minimum Gasteiger partial charge on any atom is -0.473 e. The van der Waals surface area contributed by atoms with E-state index in [1.807, 2.05) is 0 Å². The van der Waals surface area contributed by atoms with Crippen molar-refractivity contribution in [3.05, 3.63) is 28.4 Å². The van der Waals surface area contributed by atoms with Crippen LogP contribution in [0.1, 0.15) is 12.2 Å². The molecule has 2 aromatic heterocycles. The lowest BCUT2D eigenvalue weighted by atomic mass is 10.3. The number of nitrogens with zero attached hydrogens (tertiary/aromatic N) is 3. The van der Waals surface area contributed by atoms with Gasteiger partial charge in [0.25, 0.3) is 5.56 Å². The van der Waals surface area contributed by atoms with Crippen molar-refractivity contribution in [1.82, 2.24) is 14.5 Å². The third-order valence-corrected chi connectivity index (χ3v) is 3.23. The predicted octanol–water partition coefficient (Wildman–Crippen LogP) is 0.805. The van der Waals surface area contributed by atoms with E-state index >= 15 is 0 Å². The summed E-state index contributed by atoms with van der Waals surface area (Å²) in [7, 11) is 1.68. The quantitative estimate of drug-likeness (QED) is 0.800. The monoisotopic (exact) mass is 261 g/mol. The first-order valence-corrected chi connectivity index (χ1v) is 6.23. The molecule has 0 unspecified atom stereocenters. The summed E-state index contributed by atoms with van der Waals surface area (Å²) in [6.07, 6.45) is 2.50. The Hall–Kier alpha value is -1.95. The van der Waals surface area contributed by atoms with E-state index in [0.29, 0.717) is 35.8 Å². The van der Waals surface area contributed by atoms with Gasteiger partial charge in [0.1, 0.15) is 17.4 Å². The van der Waals surface area contributed by atoms with E-state index in [1.54, 1.807) is 26.2 Å². The van der Waals surface area contributed by atoms with Gasteiger partial charge >= 0.3 is 0 Å². The van der Waals surface area contributed by atoms with Crippen LogP contribution in [0.5, 0.6) is 5.88 Å². The van der Waals surface area contributed by atoms with Crippen molar-refractivity contribution < 1.29 is 9.47 Å². The molecule has 1 aliphatic rings. The average molecular weight is 261 g/mol. The molecular weight excluding hydrogens is 246 g/mol. The first-order valence-electron chi connectivity index (χ1n) is 6.23. The van der Waals surface area contributed by atoms with Crippen LogP contribution in [0.2, 0.25) is 0 Å². The van der Waals surface area contributed by atoms with Crippen molar-refractivity contribution in [3.8, 4) is 5.88 Å². The number of aromatic nitrogens is 3. The molecule has 2 aromatic rings. The topological polar surface area (TPSA) is 66.2 Å². The van der Waals surface area contributed by atoms with Crippen LogP contribution in [0, 0.1) is 6.92 Å². The summed E-state index contributed by atoms with van der Waals surface area (Å²) in [5.74, 6) is 1.11. The summed E-state index contributed by atoms with van der Waals surface area (Å²) in [5.41, 5.74) is 0.252. The van der Waals surface area contributed by atoms with Crippen LogP contribution in [0.15, 0.2) is 17.1 Å². The highest BCUT2D eigenvalue weighted by Gasteiger charge is 2.19. The average Bonchev–Trinajstić information content (AvgIpc) is 2.89. The molecule has 3 rings (SSSR count). The normalized spacial score (nSPS) is 18.9. The molecule has 1 aliphatic heterocycles. The third kappa shape index (κ3) is 2.19. The summed E-state index contributed by atoms with van der Waals surface area (Å²) in [5, 5.41) is 0.697. The molecule has 6 heteroatoms. The van der Waals surface area contributed by atoms with Crippen LogP contribution in [0.25, 0.3) is 10.9 Å². The van der Waals surface area contributed by atoms with Crippen LogP contribution in [-0.4, -0.2) is 33.9 Å². The molecule has 19 heavy (non-hydrogen) atoms. The van der Waals surface area contributed by atoms with Gasteiger partial charge in [0.05, 0.1) is 13.2 Å². The van der Waals surface area contributed by atoms with Crippen molar-refractivity contribution in [1.29, 1.82) is 0 Å². The summed E-state index contributed by atoms with van der Waals surface area (Å²) in [4.78, 5) is 20.5. The van der Waals surface area contributed by atoms with Gasteiger partial charge in [-0.3, -0.25) is 9.36 Å². The Morgan fingerprint density at radius 1 is 1.53 bits per heavy atom. The molecule has 100 valence electrons. The predicted molar refractivity (Wildman–Crippen MR) is 69.4 cm³/mol. The second-order valence-electron chi connectivity index (χ2n) is 4.67. The van der Waals surface area contributed by atoms with Crippen LogP contribution >= 0.6 is 0 Å². The number of pyridine rings is 1. The molecule has 1 saturated heterocycles. The maximum absolute atomic E-state index is 12.2. The van der Waals surface area contributed by atoms with Gasteiger partial charge in [-0.25, -0.2) is 9.97 Å². The highest BCUT2D eigenvalue weighted by molar-refractivity contribution is 5.77. The van der Waals surface area contributed by atoms with E-state index in [4.69, 9.17) is 9.47 Å². The fourth-order valence-electron chi connectivity index (χ4n) is 2.13. The second-order valence-corrected chi connectivity index (χ2v) is 4.67. The zero-order valence-electron chi connectivity index (χ0n) is 10.9. The maximum Gasteiger partial charge on any atom is 0.279 e. The standard InChI is InChI=1S/C13H15N3O3/c1-8-14-6-9-5-11(19-10-3-4-18-7-10)16(2)13(17)12(9)15-8/h5-6,10H,3-4,7H2,1-2H3/t10-/m1/s1. The highest BCUT2D eigenvalue weighted by atomic mass is 16.5. The smallest absolute Gasteiger partial charge is 0.279 e. The van der Waals surface area contributed by atoms with Crippen LogP contribution < -0.4 is 10.3 Å². The maximum atomic E-state index is 12.2. The Bertz CT molecular complexity index is 675. The Kier molecular flexibility index (Phi) is 2.94. The minimum absolute atomic E-state index is 0.00872. The number of fused-ring (bicyclic) bond motifs is 1. The number of hydrogen-bond donors (Lipinski definition) is 0. The highest BCUT2D eigenvalue weighted by Crippen LogP contribution is 2.18. The molecule has 0 N–H and O–H groups in total. The lowest BCUT2D eigenvalue weighted by Crippen LogP contribution is -2.24. The Labute approximate surface area is 110 Å². The van der Waals surface area contributed by atoms with Gasteiger partial charge in [0.15, 0.2) is 5.88 Å². The minimum atomic E-state index is -0.170. The van der Waals surface area contributed by atoms with E-state index < -0.39 is 0 Å². The largest absolute Gasteiger partial charge is 0.473 e. The van der Waals surface area contributed by atoms with Gasteiger partial charge in [-0.2, -0.15) is 0 Å². The third-order valence-electron chi connectivity index (χ3n) is 3.23. The van der Waals surface area contributed by atoms with Gasteiger partial charge < -0.3 is 9.47 Å². The lowest BCUT2D eigenvalue weighted by Gasteiger charge is -2.15. The first kappa shape index (κ1) is 12.1. The van der Waals surface area contributed by atoms with Crippen molar-refractivity contribution in [2.75, 3.05) is 13.2 Å². The number of hydrogen-bond acceptors (Lipinski definition) is 5. The second kappa shape index (κ2) is 4.62. The van der Waals surface area contributed by atoms with Crippen LogP contribution in [0.3, 0.4) is 0 Å². The summed E-state index contributed by atoms with van der Waals surface area (Å²) < 4.78 is 12.6. The van der Waals surface area contributed by atoms with E-state index in [2.05, 4.69) is 9.97 Å². The summed E-state index contributed by atoms with van der Waals surface area (Å²) in [6.45, 7) is 3.03. The first-order chi connectivity index (χ1) is 9.15. The summed E-state index contributed by atoms with van der Waals surface area (Å²) >= 11 is 0. The van der Waals surface area contributed by atoms with E-state index in [0.717, 1.165) is 6.42 Å². The van der Waals surface area contributed by atoms with E-state index in [-0.39, 0.29) is 11.7 Å². The molecule has 0 amide bonds. The molecule has 3 heterocycles. The molecule has 0 saturated carbocycles. The molecule has 6 nitrogen and oxygen atoms in total. The lowest BCUT2D eigenvalue weighted by molar-refractivity contribution is 0.135. The molecule has 1 fully saturated rings. The van der Waals surface area contributed by atoms with Crippen molar-refractivity contribution in [3.63, 3.8) is 0 Å². The molecule has 0 radical (unpaired) electrons. The van der Waals surface area contributed by atoms with Gasteiger partial charge in [-0.15, -0.1) is 0 Å². The zero-order valence-corrected chi connectivity index (χ0v) is 10.9. The fourth-order valence-corrected chi connectivity index (χ4v) is 2.13. The fraction of sp³-hybridized carbons (Fsp3) is 0.462. The number of ether oxygens (including phenoxy) is 2. The summed E-state index contributed by atoms with van der Waals surface area (Å²) in [6, 6.07) is 1.80. The number of aryl methyl sites for hydroxylation is 1. The molecule has 0 aliphatic carbocycles. The van der Waals surface area contributed by atoms with Crippen LogP contribution in [0.4, 0.5) is 0 Å². The van der Waals surface area contributed by atoms with Gasteiger partial charge in [-0.05, 0) is 6.92 Å². The van der Waals surface area contributed by atoms with E-state index in [1.165, 1.54) is 4.57 Å². The SMILES string of the molecule is Cc1ncc2cc(O[C@@H]3CCOC3)n(C)c(=O)c2n1. The Balaban J connectivity index is 2.07. The zero-order chi connectivity index (χ0) is 13.4. The molecule has 0 aromatic carbocycles. The molecule has 0 spiro atoms. The van der Waals surface area contributed by atoms with Crippen LogP contribution in [-0.2, 0) is 11.8 Å².